The Bertz CT molecular complexity index is 828. The van der Waals surface area contributed by atoms with Gasteiger partial charge in [0.2, 0.25) is 11.8 Å². The normalized spacial score (nSPS) is 23.8. The number of hydrogen-bond donors (Lipinski definition) is 0. The quantitative estimate of drug-likeness (QED) is 0.861. The number of aromatic nitrogens is 2. The topological polar surface area (TPSA) is 58.4 Å². The molecule has 6 nitrogen and oxygen atoms in total. The molecule has 2 atom stereocenters. The fraction of sp³-hybridized carbons (Fsp3) is 0.526. The van der Waals surface area contributed by atoms with Gasteiger partial charge in [0.1, 0.15) is 5.82 Å². The molecule has 2 fully saturated rings. The summed E-state index contributed by atoms with van der Waals surface area (Å²) < 4.78 is 2.22. The van der Waals surface area contributed by atoms with E-state index in [-0.39, 0.29) is 23.8 Å². The zero-order chi connectivity index (χ0) is 17.6. The lowest BCUT2D eigenvalue weighted by atomic mass is 10.1. The molecule has 0 spiro atoms. The van der Waals surface area contributed by atoms with Gasteiger partial charge in [-0.05, 0) is 31.9 Å². The molecular formula is C19H24N4O2. The fourth-order valence-corrected chi connectivity index (χ4v) is 4.24. The van der Waals surface area contributed by atoms with Crippen molar-refractivity contribution in [1.82, 2.24) is 19.4 Å². The minimum atomic E-state index is -0.211. The molecule has 6 heteroatoms. The van der Waals surface area contributed by atoms with Crippen molar-refractivity contribution in [2.75, 3.05) is 20.1 Å². The summed E-state index contributed by atoms with van der Waals surface area (Å²) >= 11 is 0. The summed E-state index contributed by atoms with van der Waals surface area (Å²) in [5.74, 6) is 0.939. The van der Waals surface area contributed by atoms with Crippen molar-refractivity contribution in [2.24, 2.45) is 5.92 Å². The summed E-state index contributed by atoms with van der Waals surface area (Å²) in [5.41, 5.74) is 2.10. The molecule has 0 bridgehead atoms. The molecule has 2 aliphatic rings. The Hall–Kier alpha value is -2.37. The van der Waals surface area contributed by atoms with E-state index in [2.05, 4.69) is 17.6 Å². The monoisotopic (exact) mass is 340 g/mol. The first-order valence-corrected chi connectivity index (χ1v) is 9.09. The van der Waals surface area contributed by atoms with Gasteiger partial charge in [0.25, 0.3) is 0 Å². The van der Waals surface area contributed by atoms with E-state index in [0.717, 1.165) is 42.8 Å². The predicted molar refractivity (Wildman–Crippen MR) is 94.8 cm³/mol. The molecule has 0 unspecified atom stereocenters. The molecule has 4 rings (SSSR count). The summed E-state index contributed by atoms with van der Waals surface area (Å²) in [6.07, 6.45) is 2.26. The maximum Gasteiger partial charge on any atom is 0.228 e. The molecular weight excluding hydrogens is 316 g/mol. The van der Waals surface area contributed by atoms with Crippen LogP contribution in [0.4, 0.5) is 0 Å². The van der Waals surface area contributed by atoms with Gasteiger partial charge < -0.3 is 14.4 Å². The van der Waals surface area contributed by atoms with Crippen LogP contribution in [-0.2, 0) is 16.1 Å². The molecule has 0 N–H and O–H groups in total. The Morgan fingerprint density at radius 2 is 2.12 bits per heavy atom. The Balaban J connectivity index is 1.66. The van der Waals surface area contributed by atoms with E-state index in [9.17, 15) is 9.59 Å². The van der Waals surface area contributed by atoms with Crippen LogP contribution in [0.25, 0.3) is 11.0 Å². The zero-order valence-electron chi connectivity index (χ0n) is 14.8. The highest BCUT2D eigenvalue weighted by Crippen LogP contribution is 2.35. The third-order valence-electron chi connectivity index (χ3n) is 5.52. The fourth-order valence-electron chi connectivity index (χ4n) is 4.24. The Morgan fingerprint density at radius 1 is 1.32 bits per heavy atom. The summed E-state index contributed by atoms with van der Waals surface area (Å²) in [4.78, 5) is 33.3. The van der Waals surface area contributed by atoms with Crippen LogP contribution < -0.4 is 0 Å². The van der Waals surface area contributed by atoms with Gasteiger partial charge in [0, 0.05) is 33.1 Å². The number of amides is 2. The van der Waals surface area contributed by atoms with Crippen LogP contribution in [0.3, 0.4) is 0 Å². The molecule has 0 saturated carbocycles. The minimum Gasteiger partial charge on any atom is -0.345 e. The number of aryl methyl sites for hydroxylation is 1. The van der Waals surface area contributed by atoms with Crippen molar-refractivity contribution < 1.29 is 9.59 Å². The first-order chi connectivity index (χ1) is 12.1. The number of nitrogens with zero attached hydrogens (tertiary/aromatic N) is 4. The maximum absolute atomic E-state index is 13.0. The van der Waals surface area contributed by atoms with Gasteiger partial charge in [-0.15, -0.1) is 0 Å². The smallest absolute Gasteiger partial charge is 0.228 e. The van der Waals surface area contributed by atoms with E-state index in [1.807, 2.05) is 23.1 Å². The second-order valence-electron chi connectivity index (χ2n) is 7.07. The predicted octanol–water partition coefficient (Wildman–Crippen LogP) is 2.20. The van der Waals surface area contributed by atoms with Crippen molar-refractivity contribution in [1.29, 1.82) is 0 Å². The first kappa shape index (κ1) is 16.1. The number of rotatable bonds is 3. The number of benzene rings is 1. The summed E-state index contributed by atoms with van der Waals surface area (Å²) in [5, 5.41) is 0. The number of hydrogen-bond acceptors (Lipinski definition) is 3. The van der Waals surface area contributed by atoms with Gasteiger partial charge in [0.15, 0.2) is 0 Å². The van der Waals surface area contributed by atoms with Crippen LogP contribution in [0.5, 0.6) is 0 Å². The number of fused-ring (bicyclic) bond motifs is 1. The van der Waals surface area contributed by atoms with E-state index in [4.69, 9.17) is 4.98 Å². The van der Waals surface area contributed by atoms with Crippen LogP contribution in [0.2, 0.25) is 0 Å². The Labute approximate surface area is 147 Å². The average molecular weight is 340 g/mol. The Morgan fingerprint density at radius 3 is 2.84 bits per heavy atom. The molecule has 2 aliphatic heterocycles. The van der Waals surface area contributed by atoms with Gasteiger partial charge >= 0.3 is 0 Å². The molecule has 0 radical (unpaired) electrons. The number of carbonyl (C=O) groups is 2. The highest BCUT2D eigenvalue weighted by atomic mass is 16.2. The molecule has 2 aromatic rings. The Kier molecular flexibility index (Phi) is 3.98. The summed E-state index contributed by atoms with van der Waals surface area (Å²) in [7, 11) is 1.77. The van der Waals surface area contributed by atoms with Gasteiger partial charge in [-0.1, -0.05) is 12.1 Å². The molecule has 132 valence electrons. The standard InChI is InChI=1S/C19H24N4O2/c1-3-22-15-8-5-4-7-14(15)20-18(22)16-9-6-10-23(16)19(25)13-11-17(24)21(2)12-13/h4-5,7-8,13,16H,3,6,9-12H2,1-2H3/t13-,16-/m1/s1. The molecule has 1 aromatic carbocycles. The summed E-state index contributed by atoms with van der Waals surface area (Å²) in [6.45, 7) is 4.23. The number of likely N-dealkylation sites (tertiary alicyclic amines) is 2. The largest absolute Gasteiger partial charge is 0.345 e. The van der Waals surface area contributed by atoms with Gasteiger partial charge in [0.05, 0.1) is 23.0 Å². The third kappa shape index (κ3) is 2.60. The second kappa shape index (κ2) is 6.17. The number of imidazole rings is 1. The van der Waals surface area contributed by atoms with Crippen LogP contribution in [0.15, 0.2) is 24.3 Å². The molecule has 1 aromatic heterocycles. The van der Waals surface area contributed by atoms with Crippen LogP contribution >= 0.6 is 0 Å². The lowest BCUT2D eigenvalue weighted by Gasteiger charge is -2.27. The highest BCUT2D eigenvalue weighted by Gasteiger charge is 2.40. The van der Waals surface area contributed by atoms with Crippen LogP contribution in [0.1, 0.15) is 38.1 Å². The van der Waals surface area contributed by atoms with Crippen LogP contribution in [-0.4, -0.2) is 51.3 Å². The number of para-hydroxylation sites is 2. The van der Waals surface area contributed by atoms with E-state index >= 15 is 0 Å². The van der Waals surface area contributed by atoms with Gasteiger partial charge in [-0.2, -0.15) is 0 Å². The van der Waals surface area contributed by atoms with E-state index in [1.54, 1.807) is 11.9 Å². The highest BCUT2D eigenvalue weighted by molar-refractivity contribution is 5.89. The second-order valence-corrected chi connectivity index (χ2v) is 7.07. The first-order valence-electron chi connectivity index (χ1n) is 9.09. The molecule has 0 aliphatic carbocycles. The van der Waals surface area contributed by atoms with Crippen molar-refractivity contribution >= 4 is 22.8 Å². The summed E-state index contributed by atoms with van der Waals surface area (Å²) in [6, 6.07) is 8.15. The van der Waals surface area contributed by atoms with Crippen molar-refractivity contribution in [3.8, 4) is 0 Å². The van der Waals surface area contributed by atoms with Gasteiger partial charge in [-0.25, -0.2) is 4.98 Å². The van der Waals surface area contributed by atoms with E-state index in [1.165, 1.54) is 0 Å². The van der Waals surface area contributed by atoms with Crippen molar-refractivity contribution in [3.63, 3.8) is 0 Å². The van der Waals surface area contributed by atoms with Crippen molar-refractivity contribution in [3.05, 3.63) is 30.1 Å². The van der Waals surface area contributed by atoms with E-state index < -0.39 is 0 Å². The minimum absolute atomic E-state index is 0.0147. The maximum atomic E-state index is 13.0. The lowest BCUT2D eigenvalue weighted by Crippen LogP contribution is -2.37. The average Bonchev–Trinajstić information content (AvgIpc) is 3.31. The third-order valence-corrected chi connectivity index (χ3v) is 5.52. The number of carbonyl (C=O) groups excluding carboxylic acids is 2. The van der Waals surface area contributed by atoms with Gasteiger partial charge in [-0.3, -0.25) is 9.59 Å². The SMILES string of the molecule is CCn1c([C@H]2CCCN2C(=O)[C@@H]2CC(=O)N(C)C2)nc2ccccc21. The molecule has 2 amide bonds. The zero-order valence-corrected chi connectivity index (χ0v) is 14.8. The van der Waals surface area contributed by atoms with E-state index in [0.29, 0.717) is 13.0 Å². The lowest BCUT2D eigenvalue weighted by molar-refractivity contribution is -0.136. The molecule has 2 saturated heterocycles. The van der Waals surface area contributed by atoms with Crippen LogP contribution in [0, 0.1) is 5.92 Å². The van der Waals surface area contributed by atoms with Crippen molar-refractivity contribution in [2.45, 2.75) is 38.8 Å². The molecule has 25 heavy (non-hydrogen) atoms. The molecule has 3 heterocycles.